The zero-order chi connectivity index (χ0) is 22.9. The van der Waals surface area contributed by atoms with Crippen LogP contribution < -0.4 is 10.4 Å². The Morgan fingerprint density at radius 2 is 1.42 bits per heavy atom. The Balaban J connectivity index is 2.14. The number of quaternary nitrogens is 1. The third kappa shape index (κ3) is 4.54. The summed E-state index contributed by atoms with van der Waals surface area (Å²) in [6.07, 6.45) is 2.63. The molecule has 0 saturated carbocycles. The summed E-state index contributed by atoms with van der Waals surface area (Å²) in [7, 11) is 5.12. The van der Waals surface area contributed by atoms with Crippen LogP contribution in [0.3, 0.4) is 0 Å². The van der Waals surface area contributed by atoms with Gasteiger partial charge in [-0.25, -0.2) is 4.79 Å². The van der Waals surface area contributed by atoms with Gasteiger partial charge in [-0.2, -0.15) is 0 Å². The largest absolute Gasteiger partial charge is 0.465 e. The highest BCUT2D eigenvalue weighted by Gasteiger charge is 2.53. The maximum atomic E-state index is 12.6. The number of nitrogens with zero attached hydrogens (tertiary/aromatic N) is 1. The molecule has 0 aromatic heterocycles. The number of benzene rings is 2. The van der Waals surface area contributed by atoms with E-state index in [1.54, 1.807) is 0 Å². The topological polar surface area (TPSA) is 35.5 Å². The van der Waals surface area contributed by atoms with E-state index in [2.05, 4.69) is 90.4 Å². The summed E-state index contributed by atoms with van der Waals surface area (Å²) in [4.78, 5) is 12.6. The molecule has 2 aromatic carbocycles. The Bertz CT molecular complexity index is 887. The molecule has 0 N–H and O–H groups in total. The predicted molar refractivity (Wildman–Crippen MR) is 129 cm³/mol. The van der Waals surface area contributed by atoms with Gasteiger partial charge in [-0.3, -0.25) is 0 Å². The summed E-state index contributed by atoms with van der Waals surface area (Å²) < 4.78 is 13.0. The summed E-state index contributed by atoms with van der Waals surface area (Å²) in [6, 6.07) is 21.3. The van der Waals surface area contributed by atoms with Crippen molar-refractivity contribution in [2.24, 2.45) is 0 Å². The second-order valence-corrected chi connectivity index (χ2v) is 14.6. The first-order valence-corrected chi connectivity index (χ1v) is 12.8. The van der Waals surface area contributed by atoms with Crippen LogP contribution in [0.25, 0.3) is 0 Å². The lowest BCUT2D eigenvalue weighted by molar-refractivity contribution is -0.889. The average Bonchev–Trinajstić information content (AvgIpc) is 3.16. The van der Waals surface area contributed by atoms with Crippen molar-refractivity contribution < 1.29 is 18.4 Å². The van der Waals surface area contributed by atoms with Crippen molar-refractivity contribution in [2.75, 3.05) is 28.3 Å². The fourth-order valence-electron chi connectivity index (χ4n) is 4.78. The van der Waals surface area contributed by atoms with E-state index in [9.17, 15) is 4.79 Å². The van der Waals surface area contributed by atoms with Gasteiger partial charge in [0, 0.05) is 6.42 Å². The number of rotatable bonds is 6. The van der Waals surface area contributed by atoms with Gasteiger partial charge in [0.1, 0.15) is 6.04 Å². The van der Waals surface area contributed by atoms with Crippen molar-refractivity contribution in [3.05, 3.63) is 72.3 Å². The van der Waals surface area contributed by atoms with E-state index in [0.29, 0.717) is 4.48 Å². The zero-order valence-electron chi connectivity index (χ0n) is 19.9. The van der Waals surface area contributed by atoms with E-state index >= 15 is 0 Å². The van der Waals surface area contributed by atoms with Crippen molar-refractivity contribution in [1.29, 1.82) is 0 Å². The van der Waals surface area contributed by atoms with Gasteiger partial charge in [-0.05, 0) is 21.5 Å². The van der Waals surface area contributed by atoms with E-state index in [4.69, 9.17) is 9.16 Å². The molecule has 3 rings (SSSR count). The second kappa shape index (κ2) is 8.73. The minimum atomic E-state index is -2.68. The van der Waals surface area contributed by atoms with Gasteiger partial charge in [0.25, 0.3) is 8.32 Å². The van der Waals surface area contributed by atoms with Crippen LogP contribution in [0.2, 0.25) is 5.04 Å². The van der Waals surface area contributed by atoms with E-state index in [0.717, 1.165) is 12.0 Å². The van der Waals surface area contributed by atoms with E-state index in [1.807, 2.05) is 18.2 Å². The number of hydrogen-bond donors (Lipinski definition) is 0. The van der Waals surface area contributed by atoms with Gasteiger partial charge in [-0.15, -0.1) is 0 Å². The molecule has 0 heterocycles. The van der Waals surface area contributed by atoms with Gasteiger partial charge >= 0.3 is 5.97 Å². The maximum absolute atomic E-state index is 12.6. The molecule has 31 heavy (non-hydrogen) atoms. The van der Waals surface area contributed by atoms with Gasteiger partial charge in [0.15, 0.2) is 0 Å². The number of carbonyl (C=O) groups is 1. The first-order valence-electron chi connectivity index (χ1n) is 10.9. The Morgan fingerprint density at radius 3 is 1.81 bits per heavy atom. The molecule has 166 valence electrons. The smallest absolute Gasteiger partial charge is 0.339 e. The Labute approximate surface area is 188 Å². The van der Waals surface area contributed by atoms with E-state index < -0.39 is 8.32 Å². The van der Waals surface area contributed by atoms with E-state index in [1.165, 1.54) is 17.5 Å². The van der Waals surface area contributed by atoms with Crippen molar-refractivity contribution in [1.82, 2.24) is 0 Å². The number of carbonyl (C=O) groups excluding carboxylic acids is 1. The molecule has 0 spiro atoms. The van der Waals surface area contributed by atoms with Gasteiger partial charge < -0.3 is 13.6 Å². The number of hydrogen-bond acceptors (Lipinski definition) is 3. The SMILES string of the molecule is COC(=O)C1=C[C@H](O[Si](c2ccccc2)(c2ccccc2)C(C)(C)C)C[C@@H]1[N+](C)(C)C. The van der Waals surface area contributed by atoms with Crippen LogP contribution in [-0.4, -0.2) is 59.2 Å². The highest BCUT2D eigenvalue weighted by atomic mass is 28.4. The van der Waals surface area contributed by atoms with Crippen LogP contribution in [0.5, 0.6) is 0 Å². The third-order valence-corrected chi connectivity index (χ3v) is 11.3. The molecule has 2 atom stereocenters. The molecular weight excluding hydrogens is 402 g/mol. The molecule has 0 fully saturated rings. The van der Waals surface area contributed by atoms with Crippen LogP contribution in [0.15, 0.2) is 72.3 Å². The average molecular weight is 439 g/mol. The highest BCUT2D eigenvalue weighted by Crippen LogP contribution is 2.40. The molecule has 0 amide bonds. The molecule has 1 aliphatic rings. The first-order chi connectivity index (χ1) is 14.5. The maximum Gasteiger partial charge on any atom is 0.339 e. The van der Waals surface area contributed by atoms with Crippen LogP contribution in [-0.2, 0) is 14.0 Å². The number of likely N-dealkylation sites (N-methyl/N-ethyl adjacent to an activating group) is 1. The van der Waals surface area contributed by atoms with E-state index in [-0.39, 0.29) is 23.2 Å². The summed E-state index contributed by atoms with van der Waals surface area (Å²) in [5, 5.41) is 2.38. The molecule has 1 aliphatic carbocycles. The molecule has 0 unspecified atom stereocenters. The summed E-state index contributed by atoms with van der Waals surface area (Å²) in [5.74, 6) is -0.258. The van der Waals surface area contributed by atoms with Crippen LogP contribution in [0, 0.1) is 0 Å². The summed E-state index contributed by atoms with van der Waals surface area (Å²) in [6.45, 7) is 6.82. The lowest BCUT2D eigenvalue weighted by atomic mass is 10.1. The number of ether oxygens (including phenoxy) is 1. The Hall–Kier alpha value is -2.21. The summed E-state index contributed by atoms with van der Waals surface area (Å²) >= 11 is 0. The van der Waals surface area contributed by atoms with Crippen molar-refractivity contribution >= 4 is 24.7 Å². The fourth-order valence-corrected chi connectivity index (χ4v) is 9.42. The lowest BCUT2D eigenvalue weighted by Gasteiger charge is -2.44. The zero-order valence-corrected chi connectivity index (χ0v) is 20.9. The molecule has 5 heteroatoms. The molecule has 0 saturated heterocycles. The molecule has 0 aliphatic heterocycles. The Kier molecular flexibility index (Phi) is 6.60. The number of methoxy groups -OCH3 is 1. The Morgan fingerprint density at radius 1 is 0.935 bits per heavy atom. The predicted octanol–water partition coefficient (Wildman–Crippen LogP) is 3.51. The van der Waals surface area contributed by atoms with Crippen molar-refractivity contribution in [2.45, 2.75) is 44.4 Å². The monoisotopic (exact) mass is 438 g/mol. The normalized spacial score (nSPS) is 19.8. The van der Waals surface area contributed by atoms with Gasteiger partial charge in [-0.1, -0.05) is 81.4 Å². The molecular formula is C26H36NO3Si+. The standard InChI is InChI=1S/C26H36NO3Si/c1-26(2,3)31(21-14-10-8-11-15-21,22-16-12-9-13-17-22)30-20-18-23(25(28)29-7)24(19-20)27(4,5)6/h8-18,20,24H,19H2,1-7H3/q+1/t20-,24-/m0/s1. The third-order valence-electron chi connectivity index (χ3n) is 6.28. The molecule has 0 radical (unpaired) electrons. The fraction of sp³-hybridized carbons (Fsp3) is 0.423. The summed E-state index contributed by atoms with van der Waals surface area (Å²) in [5.41, 5.74) is 0.720. The lowest BCUT2D eigenvalue weighted by Crippen LogP contribution is -2.67. The van der Waals surface area contributed by atoms with Gasteiger partial charge in [0.05, 0.1) is 39.9 Å². The quantitative estimate of drug-likeness (QED) is 0.393. The first kappa shape index (κ1) is 23.5. The molecule has 2 aromatic rings. The minimum absolute atomic E-state index is 0.0377. The molecule has 0 bridgehead atoms. The molecule has 4 nitrogen and oxygen atoms in total. The highest BCUT2D eigenvalue weighted by molar-refractivity contribution is 6.99. The van der Waals surface area contributed by atoms with Crippen LogP contribution in [0.4, 0.5) is 0 Å². The van der Waals surface area contributed by atoms with Crippen molar-refractivity contribution in [3.8, 4) is 0 Å². The minimum Gasteiger partial charge on any atom is -0.465 e. The van der Waals surface area contributed by atoms with Crippen molar-refractivity contribution in [3.63, 3.8) is 0 Å². The van der Waals surface area contributed by atoms with Crippen LogP contribution >= 0.6 is 0 Å². The van der Waals surface area contributed by atoms with Gasteiger partial charge in [0.2, 0.25) is 0 Å². The number of esters is 1. The van der Waals surface area contributed by atoms with Crippen LogP contribution in [0.1, 0.15) is 27.2 Å². The second-order valence-electron chi connectivity index (χ2n) is 10.3.